The maximum atomic E-state index is 10.9. The lowest BCUT2D eigenvalue weighted by Crippen LogP contribution is -2.47. The molecule has 20 heavy (non-hydrogen) atoms. The summed E-state index contributed by atoms with van der Waals surface area (Å²) >= 11 is 1.46. The number of thioether (sulfide) groups is 1. The van der Waals surface area contributed by atoms with Crippen molar-refractivity contribution in [1.29, 1.82) is 5.26 Å². The molecule has 0 unspecified atom stereocenters. The second-order valence-electron chi connectivity index (χ2n) is 4.75. The van der Waals surface area contributed by atoms with Gasteiger partial charge in [0, 0.05) is 10.5 Å². The van der Waals surface area contributed by atoms with Gasteiger partial charge >= 0.3 is 5.97 Å². The van der Waals surface area contributed by atoms with Gasteiger partial charge in [-0.15, -0.1) is 11.8 Å². The van der Waals surface area contributed by atoms with Crippen molar-refractivity contribution < 1.29 is 14.6 Å². The van der Waals surface area contributed by atoms with E-state index >= 15 is 0 Å². The smallest absolute Gasteiger partial charge is 0.321 e. The summed E-state index contributed by atoms with van der Waals surface area (Å²) in [5.41, 5.74) is 6.21. The van der Waals surface area contributed by atoms with Gasteiger partial charge in [0.2, 0.25) is 0 Å². The van der Waals surface area contributed by atoms with Gasteiger partial charge in [-0.3, -0.25) is 4.79 Å². The third-order valence-corrected chi connectivity index (χ3v) is 4.19. The van der Waals surface area contributed by atoms with E-state index in [0.29, 0.717) is 23.7 Å². The molecular formula is C14H18N2O3S. The van der Waals surface area contributed by atoms with E-state index in [4.69, 9.17) is 20.8 Å². The Morgan fingerprint density at radius 3 is 2.60 bits per heavy atom. The Labute approximate surface area is 122 Å². The summed E-state index contributed by atoms with van der Waals surface area (Å²) in [6.45, 7) is 4.06. The quantitative estimate of drug-likeness (QED) is 0.745. The molecule has 0 saturated carbocycles. The molecule has 0 aromatic heterocycles. The summed E-state index contributed by atoms with van der Waals surface area (Å²) in [5.74, 6) is 0.314. The maximum absolute atomic E-state index is 10.9. The van der Waals surface area contributed by atoms with Crippen LogP contribution in [-0.4, -0.2) is 34.2 Å². The van der Waals surface area contributed by atoms with Crippen LogP contribution in [0.4, 0.5) is 0 Å². The highest BCUT2D eigenvalue weighted by Crippen LogP contribution is 2.27. The summed E-state index contributed by atoms with van der Waals surface area (Å²) in [6.07, 6.45) is 0. The van der Waals surface area contributed by atoms with Gasteiger partial charge in [0.05, 0.1) is 18.2 Å². The lowest BCUT2D eigenvalue weighted by atomic mass is 10.1. The standard InChI is InChI=1S/C14H18N2O3S/c1-14(2,12(16)13(17)18)20-8-7-19-11-5-3-10(9-15)4-6-11/h3-6,12H,7-8,16H2,1-2H3,(H,17,18)/t12-/m1/s1. The number of carboxylic acids is 1. The van der Waals surface area contributed by atoms with Crippen LogP contribution in [0.15, 0.2) is 24.3 Å². The van der Waals surface area contributed by atoms with Gasteiger partial charge in [-0.2, -0.15) is 5.26 Å². The van der Waals surface area contributed by atoms with Crippen molar-refractivity contribution in [3.63, 3.8) is 0 Å². The molecule has 0 aliphatic carbocycles. The van der Waals surface area contributed by atoms with E-state index < -0.39 is 16.8 Å². The third-order valence-electron chi connectivity index (χ3n) is 2.82. The van der Waals surface area contributed by atoms with Crippen LogP contribution in [0.25, 0.3) is 0 Å². The number of carbonyl (C=O) groups is 1. The van der Waals surface area contributed by atoms with Crippen molar-refractivity contribution in [2.24, 2.45) is 5.73 Å². The summed E-state index contributed by atoms with van der Waals surface area (Å²) in [4.78, 5) is 10.9. The van der Waals surface area contributed by atoms with E-state index in [-0.39, 0.29) is 0 Å². The molecule has 1 rings (SSSR count). The van der Waals surface area contributed by atoms with Crippen LogP contribution in [-0.2, 0) is 4.79 Å². The summed E-state index contributed by atoms with van der Waals surface area (Å²) in [6, 6.07) is 7.96. The van der Waals surface area contributed by atoms with Crippen LogP contribution in [0, 0.1) is 11.3 Å². The molecule has 1 aromatic rings. The molecule has 0 spiro atoms. The topological polar surface area (TPSA) is 96.3 Å². The molecule has 0 aliphatic heterocycles. The van der Waals surface area contributed by atoms with Crippen LogP contribution in [0.2, 0.25) is 0 Å². The average Bonchev–Trinajstić information content (AvgIpc) is 2.43. The third kappa shape index (κ3) is 4.76. The van der Waals surface area contributed by atoms with Crippen molar-refractivity contribution in [2.45, 2.75) is 24.6 Å². The van der Waals surface area contributed by atoms with Gasteiger partial charge in [0.25, 0.3) is 0 Å². The SMILES string of the molecule is CC(C)(SCCOc1ccc(C#N)cc1)[C@H](N)C(=O)O. The zero-order valence-electron chi connectivity index (χ0n) is 11.5. The Bertz CT molecular complexity index is 494. The second-order valence-corrected chi connectivity index (χ2v) is 6.50. The van der Waals surface area contributed by atoms with Crippen molar-refractivity contribution >= 4 is 17.7 Å². The Morgan fingerprint density at radius 2 is 2.10 bits per heavy atom. The molecular weight excluding hydrogens is 276 g/mol. The van der Waals surface area contributed by atoms with E-state index in [1.54, 1.807) is 38.1 Å². The Kier molecular flexibility index (Phi) is 5.86. The first-order valence-electron chi connectivity index (χ1n) is 6.12. The van der Waals surface area contributed by atoms with E-state index in [1.807, 2.05) is 6.07 Å². The minimum absolute atomic E-state index is 0.451. The molecule has 1 atom stereocenters. The Morgan fingerprint density at radius 1 is 1.50 bits per heavy atom. The molecule has 108 valence electrons. The van der Waals surface area contributed by atoms with E-state index in [1.165, 1.54) is 11.8 Å². The van der Waals surface area contributed by atoms with Gasteiger partial charge in [0.1, 0.15) is 11.8 Å². The first-order valence-corrected chi connectivity index (χ1v) is 7.10. The zero-order valence-corrected chi connectivity index (χ0v) is 12.3. The number of nitrogens with two attached hydrogens (primary N) is 1. The lowest BCUT2D eigenvalue weighted by Gasteiger charge is -2.27. The van der Waals surface area contributed by atoms with Crippen LogP contribution >= 0.6 is 11.8 Å². The Balaban J connectivity index is 2.37. The highest BCUT2D eigenvalue weighted by Gasteiger charge is 2.32. The number of rotatable bonds is 7. The number of nitrogens with zero attached hydrogens (tertiary/aromatic N) is 1. The monoisotopic (exact) mass is 294 g/mol. The van der Waals surface area contributed by atoms with Crippen molar-refractivity contribution in [3.05, 3.63) is 29.8 Å². The number of carboxylic acid groups (broad SMARTS) is 1. The normalized spacial score (nSPS) is 12.5. The Hall–Kier alpha value is -1.71. The first kappa shape index (κ1) is 16.3. The fourth-order valence-corrected chi connectivity index (χ4v) is 2.45. The van der Waals surface area contributed by atoms with Gasteiger partial charge in [-0.1, -0.05) is 0 Å². The molecule has 0 amide bonds. The average molecular weight is 294 g/mol. The van der Waals surface area contributed by atoms with Gasteiger partial charge in [0.15, 0.2) is 0 Å². The molecule has 0 saturated heterocycles. The summed E-state index contributed by atoms with van der Waals surface area (Å²) in [7, 11) is 0. The minimum atomic E-state index is -1.00. The van der Waals surface area contributed by atoms with Crippen LogP contribution in [0.5, 0.6) is 5.75 Å². The molecule has 0 radical (unpaired) electrons. The predicted molar refractivity (Wildman–Crippen MR) is 78.8 cm³/mol. The number of hydrogen-bond donors (Lipinski definition) is 2. The number of benzene rings is 1. The van der Waals surface area contributed by atoms with Crippen molar-refractivity contribution in [3.8, 4) is 11.8 Å². The van der Waals surface area contributed by atoms with E-state index in [9.17, 15) is 4.79 Å². The van der Waals surface area contributed by atoms with Crippen LogP contribution in [0.3, 0.4) is 0 Å². The molecule has 0 heterocycles. The zero-order chi connectivity index (χ0) is 15.2. The second kappa shape index (κ2) is 7.17. The van der Waals surface area contributed by atoms with Crippen molar-refractivity contribution in [1.82, 2.24) is 0 Å². The molecule has 0 aliphatic rings. The van der Waals surface area contributed by atoms with Gasteiger partial charge in [-0.05, 0) is 38.1 Å². The lowest BCUT2D eigenvalue weighted by molar-refractivity contribution is -0.139. The van der Waals surface area contributed by atoms with E-state index in [0.717, 1.165) is 0 Å². The molecule has 0 bridgehead atoms. The number of nitriles is 1. The fourth-order valence-electron chi connectivity index (χ4n) is 1.48. The molecule has 6 heteroatoms. The predicted octanol–water partition coefficient (Wildman–Crippen LogP) is 1.86. The summed E-state index contributed by atoms with van der Waals surface area (Å²) in [5, 5.41) is 17.6. The molecule has 1 aromatic carbocycles. The van der Waals surface area contributed by atoms with Gasteiger partial charge in [-0.25, -0.2) is 0 Å². The highest BCUT2D eigenvalue weighted by atomic mass is 32.2. The van der Waals surface area contributed by atoms with Gasteiger partial charge < -0.3 is 15.6 Å². The fraction of sp³-hybridized carbons (Fsp3) is 0.429. The maximum Gasteiger partial charge on any atom is 0.321 e. The van der Waals surface area contributed by atoms with Crippen LogP contribution in [0.1, 0.15) is 19.4 Å². The minimum Gasteiger partial charge on any atom is -0.493 e. The molecule has 5 nitrogen and oxygen atoms in total. The van der Waals surface area contributed by atoms with E-state index in [2.05, 4.69) is 0 Å². The number of hydrogen-bond acceptors (Lipinski definition) is 5. The summed E-state index contributed by atoms with van der Waals surface area (Å²) < 4.78 is 4.97. The van der Waals surface area contributed by atoms with Crippen molar-refractivity contribution in [2.75, 3.05) is 12.4 Å². The number of ether oxygens (including phenoxy) is 1. The molecule has 3 N–H and O–H groups in total. The first-order chi connectivity index (χ1) is 9.36. The largest absolute Gasteiger partial charge is 0.493 e. The molecule has 0 fully saturated rings. The highest BCUT2D eigenvalue weighted by molar-refractivity contribution is 8.00. The van der Waals surface area contributed by atoms with Crippen LogP contribution < -0.4 is 10.5 Å². The number of aliphatic carboxylic acids is 1.